The number of ether oxygens (including phenoxy) is 1. The summed E-state index contributed by atoms with van der Waals surface area (Å²) in [6, 6.07) is 1.96. The van der Waals surface area contributed by atoms with E-state index in [2.05, 4.69) is 21.0 Å². The highest BCUT2D eigenvalue weighted by Gasteiger charge is 2.23. The summed E-state index contributed by atoms with van der Waals surface area (Å²) < 4.78 is 7.99. The number of rotatable bonds is 2. The summed E-state index contributed by atoms with van der Waals surface area (Å²) in [6.07, 6.45) is 0. The first kappa shape index (κ1) is 9.74. The average molecular weight is 233 g/mol. The third-order valence-electron chi connectivity index (χ3n) is 1.98. The minimum Gasteiger partial charge on any atom is -0.373 e. The van der Waals surface area contributed by atoms with Crippen LogP contribution in [0.15, 0.2) is 10.7 Å². The predicted molar refractivity (Wildman–Crippen MR) is 50.9 cm³/mol. The van der Waals surface area contributed by atoms with Crippen molar-refractivity contribution in [3.63, 3.8) is 0 Å². The number of aryl methyl sites for hydroxylation is 1. The van der Waals surface area contributed by atoms with E-state index in [9.17, 15) is 0 Å². The first-order valence-electron chi connectivity index (χ1n) is 3.72. The second kappa shape index (κ2) is 3.18. The van der Waals surface area contributed by atoms with Crippen molar-refractivity contribution in [1.82, 2.24) is 9.78 Å². The van der Waals surface area contributed by atoms with Crippen LogP contribution in [-0.2, 0) is 17.4 Å². The fraction of sp³-hybridized carbons (Fsp3) is 0.625. The van der Waals surface area contributed by atoms with E-state index in [1.807, 2.05) is 31.6 Å². The molecule has 0 aliphatic rings. The van der Waals surface area contributed by atoms with Crippen LogP contribution in [0, 0.1) is 0 Å². The van der Waals surface area contributed by atoms with Gasteiger partial charge in [-0.15, -0.1) is 0 Å². The largest absolute Gasteiger partial charge is 0.373 e. The molecule has 68 valence electrons. The fourth-order valence-corrected chi connectivity index (χ4v) is 1.56. The Balaban J connectivity index is 3.09. The van der Waals surface area contributed by atoms with Crippen LogP contribution in [0.5, 0.6) is 0 Å². The highest BCUT2D eigenvalue weighted by molar-refractivity contribution is 9.10. The summed E-state index contributed by atoms with van der Waals surface area (Å²) >= 11 is 3.32. The molecule has 0 saturated heterocycles. The summed E-state index contributed by atoms with van der Waals surface area (Å²) in [5.74, 6) is 0. The number of aromatic nitrogens is 2. The van der Waals surface area contributed by atoms with Crippen LogP contribution in [0.25, 0.3) is 0 Å². The highest BCUT2D eigenvalue weighted by Crippen LogP contribution is 2.25. The molecule has 0 aromatic carbocycles. The third kappa shape index (κ3) is 1.69. The molecule has 1 aromatic rings. The molecular weight excluding hydrogens is 220 g/mol. The quantitative estimate of drug-likeness (QED) is 0.781. The SMILES string of the molecule is COC(C)(C)c1cc(Br)nn1C. The Labute approximate surface area is 80.8 Å². The maximum atomic E-state index is 5.34. The van der Waals surface area contributed by atoms with E-state index < -0.39 is 0 Å². The van der Waals surface area contributed by atoms with Gasteiger partial charge < -0.3 is 4.74 Å². The Hall–Kier alpha value is -0.350. The van der Waals surface area contributed by atoms with Crippen molar-refractivity contribution in [1.29, 1.82) is 0 Å². The van der Waals surface area contributed by atoms with E-state index in [0.29, 0.717) is 0 Å². The van der Waals surface area contributed by atoms with Gasteiger partial charge in [0, 0.05) is 14.2 Å². The Morgan fingerprint density at radius 3 is 2.50 bits per heavy atom. The lowest BCUT2D eigenvalue weighted by Crippen LogP contribution is -2.22. The molecule has 0 atom stereocenters. The lowest BCUT2D eigenvalue weighted by molar-refractivity contribution is 0.0123. The van der Waals surface area contributed by atoms with Crippen molar-refractivity contribution in [3.05, 3.63) is 16.4 Å². The summed E-state index contributed by atoms with van der Waals surface area (Å²) in [7, 11) is 3.60. The first-order valence-corrected chi connectivity index (χ1v) is 4.52. The van der Waals surface area contributed by atoms with E-state index in [0.717, 1.165) is 10.3 Å². The molecule has 0 unspecified atom stereocenters. The summed E-state index contributed by atoms with van der Waals surface area (Å²) in [4.78, 5) is 0. The van der Waals surface area contributed by atoms with Gasteiger partial charge in [-0.3, -0.25) is 4.68 Å². The highest BCUT2D eigenvalue weighted by atomic mass is 79.9. The molecule has 3 nitrogen and oxygen atoms in total. The standard InChI is InChI=1S/C8H13BrN2O/c1-8(2,12-4)6-5-7(9)10-11(6)3/h5H,1-4H3. The number of nitrogens with zero attached hydrogens (tertiary/aromatic N) is 2. The molecule has 1 heterocycles. The molecule has 0 amide bonds. The molecule has 1 aromatic heterocycles. The summed E-state index contributed by atoms with van der Waals surface area (Å²) in [6.45, 7) is 4.02. The van der Waals surface area contributed by atoms with Crippen molar-refractivity contribution < 1.29 is 4.74 Å². The monoisotopic (exact) mass is 232 g/mol. The zero-order valence-electron chi connectivity index (χ0n) is 7.76. The van der Waals surface area contributed by atoms with Gasteiger partial charge in [0.2, 0.25) is 0 Å². The predicted octanol–water partition coefficient (Wildman–Crippen LogP) is 2.06. The topological polar surface area (TPSA) is 27.1 Å². The van der Waals surface area contributed by atoms with Crippen LogP contribution in [0.4, 0.5) is 0 Å². The Bertz CT molecular complexity index is 281. The van der Waals surface area contributed by atoms with Crippen molar-refractivity contribution in [2.75, 3.05) is 7.11 Å². The Kier molecular flexibility index (Phi) is 2.58. The molecule has 12 heavy (non-hydrogen) atoms. The molecule has 0 bridgehead atoms. The summed E-state index contributed by atoms with van der Waals surface area (Å²) in [5.41, 5.74) is 0.769. The summed E-state index contributed by atoms with van der Waals surface area (Å²) in [5, 5.41) is 4.18. The van der Waals surface area contributed by atoms with Gasteiger partial charge in [-0.05, 0) is 35.8 Å². The number of halogens is 1. The molecule has 4 heteroatoms. The van der Waals surface area contributed by atoms with Crippen molar-refractivity contribution in [2.45, 2.75) is 19.4 Å². The zero-order valence-corrected chi connectivity index (χ0v) is 9.34. The van der Waals surface area contributed by atoms with Crippen LogP contribution in [0.2, 0.25) is 0 Å². The molecule has 1 rings (SSSR count). The minimum atomic E-state index is -0.284. The minimum absolute atomic E-state index is 0.284. The maximum Gasteiger partial charge on any atom is 0.128 e. The van der Waals surface area contributed by atoms with Gasteiger partial charge in [0.05, 0.1) is 5.69 Å². The van der Waals surface area contributed by atoms with E-state index in [1.54, 1.807) is 7.11 Å². The molecule has 0 aliphatic heterocycles. The zero-order chi connectivity index (χ0) is 9.35. The molecule has 0 fully saturated rings. The van der Waals surface area contributed by atoms with Gasteiger partial charge in [-0.2, -0.15) is 5.10 Å². The van der Waals surface area contributed by atoms with Gasteiger partial charge in [0.15, 0.2) is 0 Å². The van der Waals surface area contributed by atoms with Gasteiger partial charge in [-0.1, -0.05) is 0 Å². The fourth-order valence-electron chi connectivity index (χ4n) is 1.10. The normalized spacial score (nSPS) is 12.1. The Morgan fingerprint density at radius 1 is 1.58 bits per heavy atom. The van der Waals surface area contributed by atoms with Crippen molar-refractivity contribution >= 4 is 15.9 Å². The van der Waals surface area contributed by atoms with Crippen LogP contribution in [0.1, 0.15) is 19.5 Å². The van der Waals surface area contributed by atoms with Crippen LogP contribution in [-0.4, -0.2) is 16.9 Å². The van der Waals surface area contributed by atoms with Gasteiger partial charge in [0.1, 0.15) is 10.2 Å². The van der Waals surface area contributed by atoms with E-state index in [4.69, 9.17) is 4.74 Å². The third-order valence-corrected chi connectivity index (χ3v) is 2.36. The van der Waals surface area contributed by atoms with E-state index in [1.165, 1.54) is 0 Å². The molecular formula is C8H13BrN2O. The molecule has 0 radical (unpaired) electrons. The van der Waals surface area contributed by atoms with Crippen molar-refractivity contribution in [3.8, 4) is 0 Å². The molecule has 0 saturated carbocycles. The number of hydrogen-bond acceptors (Lipinski definition) is 2. The van der Waals surface area contributed by atoms with Crippen LogP contribution >= 0.6 is 15.9 Å². The number of hydrogen-bond donors (Lipinski definition) is 0. The second-order valence-corrected chi connectivity index (χ2v) is 4.00. The second-order valence-electron chi connectivity index (χ2n) is 3.19. The number of methoxy groups -OCH3 is 1. The lowest BCUT2D eigenvalue weighted by atomic mass is 10.1. The molecule has 0 N–H and O–H groups in total. The maximum absolute atomic E-state index is 5.34. The van der Waals surface area contributed by atoms with Gasteiger partial charge >= 0.3 is 0 Å². The Morgan fingerprint density at radius 2 is 2.17 bits per heavy atom. The van der Waals surface area contributed by atoms with Crippen LogP contribution in [0.3, 0.4) is 0 Å². The lowest BCUT2D eigenvalue weighted by Gasteiger charge is -2.22. The van der Waals surface area contributed by atoms with Gasteiger partial charge in [-0.25, -0.2) is 0 Å². The molecule has 0 spiro atoms. The van der Waals surface area contributed by atoms with Crippen LogP contribution < -0.4 is 0 Å². The molecule has 0 aliphatic carbocycles. The van der Waals surface area contributed by atoms with E-state index >= 15 is 0 Å². The average Bonchev–Trinajstić information content (AvgIpc) is 2.31. The van der Waals surface area contributed by atoms with Crippen molar-refractivity contribution in [2.24, 2.45) is 7.05 Å². The van der Waals surface area contributed by atoms with Gasteiger partial charge in [0.25, 0.3) is 0 Å². The smallest absolute Gasteiger partial charge is 0.128 e. The van der Waals surface area contributed by atoms with E-state index in [-0.39, 0.29) is 5.60 Å². The first-order chi connectivity index (χ1) is 5.47.